The van der Waals surface area contributed by atoms with Crippen LogP contribution in [0.1, 0.15) is 58.4 Å². The highest BCUT2D eigenvalue weighted by Gasteiger charge is 2.32. The average molecular weight is 359 g/mol. The summed E-state index contributed by atoms with van der Waals surface area (Å²) >= 11 is 3.03. The number of hydrogen-bond donors (Lipinski definition) is 1. The van der Waals surface area contributed by atoms with E-state index < -0.39 is 0 Å². The van der Waals surface area contributed by atoms with Crippen molar-refractivity contribution in [1.82, 2.24) is 0 Å². The SMILES string of the molecule is Cc1ccsc1C(=O)Nc1sc2c(c1C#N)CCC(C(C)(C)C)C2. The minimum absolute atomic E-state index is 0.107. The molecule has 1 amide bonds. The summed E-state index contributed by atoms with van der Waals surface area (Å²) in [6, 6.07) is 4.26. The highest BCUT2D eigenvalue weighted by molar-refractivity contribution is 7.17. The van der Waals surface area contributed by atoms with Crippen molar-refractivity contribution in [2.24, 2.45) is 11.3 Å². The smallest absolute Gasteiger partial charge is 0.266 e. The van der Waals surface area contributed by atoms with Crippen LogP contribution in [0.4, 0.5) is 5.00 Å². The number of rotatable bonds is 2. The first-order chi connectivity index (χ1) is 11.3. The highest BCUT2D eigenvalue weighted by Crippen LogP contribution is 2.44. The molecule has 1 N–H and O–H groups in total. The van der Waals surface area contributed by atoms with Crippen LogP contribution in [0.5, 0.6) is 0 Å². The van der Waals surface area contributed by atoms with Crippen LogP contribution in [0.25, 0.3) is 0 Å². The number of fused-ring (bicyclic) bond motifs is 1. The van der Waals surface area contributed by atoms with E-state index in [1.807, 2.05) is 18.4 Å². The molecule has 1 unspecified atom stereocenters. The van der Waals surface area contributed by atoms with Crippen LogP contribution < -0.4 is 5.32 Å². The molecule has 0 fully saturated rings. The lowest BCUT2D eigenvalue weighted by Gasteiger charge is -2.33. The molecule has 0 saturated heterocycles. The second-order valence-corrected chi connectivity index (χ2v) is 9.53. The third kappa shape index (κ3) is 3.13. The molecule has 2 aromatic heterocycles. The van der Waals surface area contributed by atoms with Gasteiger partial charge >= 0.3 is 0 Å². The van der Waals surface area contributed by atoms with Gasteiger partial charge in [0.2, 0.25) is 0 Å². The van der Waals surface area contributed by atoms with Gasteiger partial charge in [-0.1, -0.05) is 20.8 Å². The molecule has 1 aliphatic carbocycles. The number of anilines is 1. The molecule has 3 nitrogen and oxygen atoms in total. The van der Waals surface area contributed by atoms with Gasteiger partial charge in [0.1, 0.15) is 11.1 Å². The topological polar surface area (TPSA) is 52.9 Å². The third-order valence-corrected chi connectivity index (χ3v) is 7.08. The minimum Gasteiger partial charge on any atom is -0.312 e. The summed E-state index contributed by atoms with van der Waals surface area (Å²) in [5.41, 5.74) is 3.07. The molecule has 0 saturated carbocycles. The number of hydrogen-bond acceptors (Lipinski definition) is 4. The van der Waals surface area contributed by atoms with E-state index >= 15 is 0 Å². The maximum Gasteiger partial charge on any atom is 0.266 e. The standard InChI is InChI=1S/C19H22N2OS2/c1-11-7-8-23-16(11)17(22)21-18-14(10-20)13-6-5-12(19(2,3)4)9-15(13)24-18/h7-8,12H,5-6,9H2,1-4H3,(H,21,22). The summed E-state index contributed by atoms with van der Waals surface area (Å²) in [6.45, 7) is 8.78. The van der Waals surface area contributed by atoms with Crippen molar-refractivity contribution in [2.75, 3.05) is 5.32 Å². The zero-order valence-electron chi connectivity index (χ0n) is 14.5. The lowest BCUT2D eigenvalue weighted by atomic mass is 9.72. The Kier molecular flexibility index (Phi) is 4.54. The van der Waals surface area contributed by atoms with Gasteiger partial charge in [-0.2, -0.15) is 5.26 Å². The Morgan fingerprint density at radius 1 is 1.42 bits per heavy atom. The quantitative estimate of drug-likeness (QED) is 0.782. The first kappa shape index (κ1) is 17.2. The number of nitrogens with zero attached hydrogens (tertiary/aromatic N) is 1. The summed E-state index contributed by atoms with van der Waals surface area (Å²) in [4.78, 5) is 14.5. The molecule has 0 bridgehead atoms. The van der Waals surface area contributed by atoms with Crippen LogP contribution >= 0.6 is 22.7 Å². The number of carbonyl (C=O) groups is 1. The van der Waals surface area contributed by atoms with Crippen molar-refractivity contribution in [3.8, 4) is 6.07 Å². The Labute approximate surface area is 151 Å². The maximum atomic E-state index is 12.5. The predicted molar refractivity (Wildman–Crippen MR) is 101 cm³/mol. The van der Waals surface area contributed by atoms with Gasteiger partial charge in [-0.25, -0.2) is 0 Å². The van der Waals surface area contributed by atoms with Crippen molar-refractivity contribution in [3.63, 3.8) is 0 Å². The van der Waals surface area contributed by atoms with Crippen molar-refractivity contribution in [1.29, 1.82) is 5.26 Å². The number of nitrogens with one attached hydrogen (secondary N) is 1. The van der Waals surface area contributed by atoms with Gasteiger partial charge in [-0.15, -0.1) is 22.7 Å². The number of amides is 1. The van der Waals surface area contributed by atoms with E-state index in [1.165, 1.54) is 16.2 Å². The molecule has 126 valence electrons. The van der Waals surface area contributed by atoms with Gasteiger partial charge in [0, 0.05) is 4.88 Å². The Bertz CT molecular complexity index is 818. The third-order valence-electron chi connectivity index (χ3n) is 4.90. The molecule has 0 aliphatic heterocycles. The molecule has 24 heavy (non-hydrogen) atoms. The zero-order valence-corrected chi connectivity index (χ0v) is 16.2. The summed E-state index contributed by atoms with van der Waals surface area (Å²) in [5.74, 6) is 0.517. The van der Waals surface area contributed by atoms with E-state index in [9.17, 15) is 10.1 Å². The van der Waals surface area contributed by atoms with Crippen molar-refractivity contribution in [3.05, 3.63) is 37.9 Å². The lowest BCUT2D eigenvalue weighted by Crippen LogP contribution is -2.26. The zero-order chi connectivity index (χ0) is 17.5. The number of aryl methyl sites for hydroxylation is 1. The molecule has 0 aromatic carbocycles. The van der Waals surface area contributed by atoms with Crippen LogP contribution in [-0.4, -0.2) is 5.91 Å². The van der Waals surface area contributed by atoms with Crippen LogP contribution in [0, 0.1) is 29.6 Å². The Hall–Kier alpha value is -1.64. The minimum atomic E-state index is -0.107. The lowest BCUT2D eigenvalue weighted by molar-refractivity contribution is 0.103. The Morgan fingerprint density at radius 2 is 2.17 bits per heavy atom. The molecule has 5 heteroatoms. The van der Waals surface area contributed by atoms with Crippen LogP contribution in [0.15, 0.2) is 11.4 Å². The number of carbonyl (C=O) groups excluding carboxylic acids is 1. The molecule has 0 spiro atoms. The summed E-state index contributed by atoms with van der Waals surface area (Å²) < 4.78 is 0. The largest absolute Gasteiger partial charge is 0.312 e. The first-order valence-corrected chi connectivity index (χ1v) is 9.91. The number of thiophene rings is 2. The fraction of sp³-hybridized carbons (Fsp3) is 0.474. The molecule has 3 rings (SSSR count). The highest BCUT2D eigenvalue weighted by atomic mass is 32.1. The molecule has 0 radical (unpaired) electrons. The second-order valence-electron chi connectivity index (χ2n) is 7.51. The van der Waals surface area contributed by atoms with Crippen molar-refractivity contribution in [2.45, 2.75) is 47.0 Å². The van der Waals surface area contributed by atoms with E-state index in [1.54, 1.807) is 11.3 Å². The predicted octanol–water partition coefficient (Wildman–Crippen LogP) is 5.39. The van der Waals surface area contributed by atoms with Crippen LogP contribution in [-0.2, 0) is 12.8 Å². The fourth-order valence-corrected chi connectivity index (χ4v) is 5.39. The molecule has 2 aromatic rings. The second kappa shape index (κ2) is 6.34. The van der Waals surface area contributed by atoms with Crippen molar-refractivity contribution >= 4 is 33.6 Å². The maximum absolute atomic E-state index is 12.5. The van der Waals surface area contributed by atoms with E-state index in [0.29, 0.717) is 11.5 Å². The molecular weight excluding hydrogens is 336 g/mol. The molecule has 1 aliphatic rings. The van der Waals surface area contributed by atoms with Gasteiger partial charge in [-0.3, -0.25) is 4.79 Å². The summed E-state index contributed by atoms with van der Waals surface area (Å²) in [5, 5.41) is 15.2. The number of nitriles is 1. The van der Waals surface area contributed by atoms with Gasteiger partial charge in [-0.05, 0) is 60.1 Å². The van der Waals surface area contributed by atoms with E-state index in [0.717, 1.165) is 40.3 Å². The van der Waals surface area contributed by atoms with Gasteiger partial charge in [0.15, 0.2) is 0 Å². The van der Waals surface area contributed by atoms with Gasteiger partial charge in [0.25, 0.3) is 5.91 Å². The molecule has 2 heterocycles. The van der Waals surface area contributed by atoms with Crippen LogP contribution in [0.2, 0.25) is 0 Å². The van der Waals surface area contributed by atoms with E-state index in [2.05, 4.69) is 32.2 Å². The van der Waals surface area contributed by atoms with E-state index in [4.69, 9.17) is 0 Å². The van der Waals surface area contributed by atoms with E-state index in [-0.39, 0.29) is 11.3 Å². The normalized spacial score (nSPS) is 17.2. The van der Waals surface area contributed by atoms with Gasteiger partial charge in [0.05, 0.1) is 10.4 Å². The van der Waals surface area contributed by atoms with Gasteiger partial charge < -0.3 is 5.32 Å². The summed E-state index contributed by atoms with van der Waals surface area (Å²) in [7, 11) is 0. The fourth-order valence-electron chi connectivity index (χ4n) is 3.30. The molecular formula is C19H22N2OS2. The van der Waals surface area contributed by atoms with Crippen LogP contribution in [0.3, 0.4) is 0 Å². The average Bonchev–Trinajstić information content (AvgIpc) is 3.08. The molecule has 1 atom stereocenters. The monoisotopic (exact) mass is 358 g/mol. The Balaban J connectivity index is 1.89. The van der Waals surface area contributed by atoms with Crippen molar-refractivity contribution < 1.29 is 4.79 Å². The summed E-state index contributed by atoms with van der Waals surface area (Å²) in [6.07, 6.45) is 3.05. The first-order valence-electron chi connectivity index (χ1n) is 8.21. The Morgan fingerprint density at radius 3 is 2.75 bits per heavy atom.